The van der Waals surface area contributed by atoms with Gasteiger partial charge in [-0.15, -0.1) is 0 Å². The Morgan fingerprint density at radius 2 is 1.52 bits per heavy atom. The minimum Gasteiger partial charge on any atom is -0.483 e. The number of benzene rings is 2. The molecule has 3 aliphatic rings. The van der Waals surface area contributed by atoms with Gasteiger partial charge in [-0.05, 0) is 62.3 Å². The normalized spacial score (nSPS) is 28.5. The van der Waals surface area contributed by atoms with E-state index in [4.69, 9.17) is 4.74 Å². The molecule has 1 heterocycles. The zero-order valence-electron chi connectivity index (χ0n) is 16.3. The van der Waals surface area contributed by atoms with Crippen LogP contribution in [0.4, 0.5) is 5.69 Å². The lowest BCUT2D eigenvalue weighted by Gasteiger charge is -2.19. The second-order valence-electron chi connectivity index (χ2n) is 8.38. The predicted octanol–water partition coefficient (Wildman–Crippen LogP) is 3.87. The quantitative estimate of drug-likeness (QED) is 0.575. The van der Waals surface area contributed by atoms with E-state index in [1.807, 2.05) is 18.2 Å². The first-order valence-corrected chi connectivity index (χ1v) is 10.3. The number of carbonyl (C=O) groups excluding carboxylic acids is 3. The molecule has 2 aromatic rings. The van der Waals surface area contributed by atoms with E-state index in [0.29, 0.717) is 28.8 Å². The van der Waals surface area contributed by atoms with Gasteiger partial charge >= 0.3 is 0 Å². The Labute approximate surface area is 169 Å². The molecule has 5 nitrogen and oxygen atoms in total. The Morgan fingerprint density at radius 3 is 2.10 bits per heavy atom. The van der Waals surface area contributed by atoms with Crippen molar-refractivity contribution in [2.75, 3.05) is 4.90 Å². The summed E-state index contributed by atoms with van der Waals surface area (Å²) in [6.07, 6.45) is 2.53. The molecule has 3 fully saturated rings. The topological polar surface area (TPSA) is 63.7 Å². The SMILES string of the molecule is C[C@H](Oc1ccc(N2C(=O)[C@@H]3[C@@H]4CC[C@@H](C4)[C@@H]3C2=O)cc1)C(=O)c1ccccc1. The van der Waals surface area contributed by atoms with Crippen LogP contribution < -0.4 is 9.64 Å². The molecule has 2 aliphatic carbocycles. The summed E-state index contributed by atoms with van der Waals surface area (Å²) in [4.78, 5) is 39.7. The Balaban J connectivity index is 1.30. The minimum absolute atomic E-state index is 0.0477. The number of nitrogens with zero attached hydrogens (tertiary/aromatic N) is 1. The zero-order valence-corrected chi connectivity index (χ0v) is 16.3. The molecule has 0 aromatic heterocycles. The van der Waals surface area contributed by atoms with Gasteiger partial charge in [0.2, 0.25) is 17.6 Å². The molecule has 0 radical (unpaired) electrons. The summed E-state index contributed by atoms with van der Waals surface area (Å²) in [6.45, 7) is 1.72. The Hall–Kier alpha value is -2.95. The standard InChI is InChI=1S/C24H23NO4/c1-14(22(26)15-5-3-2-4-6-15)29-19-11-9-18(10-12-19)25-23(27)20-16-7-8-17(13-16)21(20)24(25)28/h2-6,9-12,14,16-17,20-21H,7-8,13H2,1H3/t14-,16-,17+,20-,21+/m0/s1. The summed E-state index contributed by atoms with van der Waals surface area (Å²) in [6, 6.07) is 15.9. The monoisotopic (exact) mass is 389 g/mol. The van der Waals surface area contributed by atoms with E-state index in [1.165, 1.54) is 4.90 Å². The van der Waals surface area contributed by atoms with E-state index in [9.17, 15) is 14.4 Å². The summed E-state index contributed by atoms with van der Waals surface area (Å²) < 4.78 is 5.78. The van der Waals surface area contributed by atoms with Gasteiger partial charge in [-0.25, -0.2) is 0 Å². The summed E-state index contributed by atoms with van der Waals surface area (Å²) in [5.41, 5.74) is 1.19. The van der Waals surface area contributed by atoms with Crippen LogP contribution in [0.2, 0.25) is 0 Å². The molecule has 5 atom stereocenters. The van der Waals surface area contributed by atoms with Gasteiger partial charge in [-0.3, -0.25) is 19.3 Å². The highest BCUT2D eigenvalue weighted by molar-refractivity contribution is 6.22. The Bertz CT molecular complexity index is 940. The number of ketones is 1. The van der Waals surface area contributed by atoms with Gasteiger partial charge in [0, 0.05) is 5.56 Å². The molecule has 2 bridgehead atoms. The van der Waals surface area contributed by atoms with Crippen LogP contribution in [0.25, 0.3) is 0 Å². The maximum atomic E-state index is 12.9. The third kappa shape index (κ3) is 2.87. The summed E-state index contributed by atoms with van der Waals surface area (Å²) in [5.74, 6) is 0.842. The third-order valence-corrected chi connectivity index (χ3v) is 6.76. The molecule has 29 heavy (non-hydrogen) atoms. The maximum absolute atomic E-state index is 12.9. The number of imide groups is 1. The largest absolute Gasteiger partial charge is 0.483 e. The van der Waals surface area contributed by atoms with Crippen LogP contribution in [0.1, 0.15) is 36.5 Å². The van der Waals surface area contributed by atoms with Crippen molar-refractivity contribution < 1.29 is 19.1 Å². The molecular weight excluding hydrogens is 366 g/mol. The number of rotatable bonds is 5. The predicted molar refractivity (Wildman–Crippen MR) is 108 cm³/mol. The van der Waals surface area contributed by atoms with Crippen LogP contribution in [-0.4, -0.2) is 23.7 Å². The lowest BCUT2D eigenvalue weighted by Crippen LogP contribution is -2.32. The average Bonchev–Trinajstić information content (AvgIpc) is 3.43. The summed E-state index contributed by atoms with van der Waals surface area (Å²) in [5, 5.41) is 0. The number of anilines is 1. The van der Waals surface area contributed by atoms with Crippen molar-refractivity contribution >= 4 is 23.3 Å². The Morgan fingerprint density at radius 1 is 0.931 bits per heavy atom. The molecule has 1 saturated heterocycles. The van der Waals surface area contributed by atoms with Crippen LogP contribution in [0.15, 0.2) is 54.6 Å². The van der Waals surface area contributed by atoms with E-state index in [1.54, 1.807) is 43.3 Å². The van der Waals surface area contributed by atoms with Crippen LogP contribution in [-0.2, 0) is 9.59 Å². The highest BCUT2D eigenvalue weighted by atomic mass is 16.5. The lowest BCUT2D eigenvalue weighted by molar-refractivity contribution is -0.123. The molecule has 0 N–H and O–H groups in total. The number of ether oxygens (including phenoxy) is 1. The number of carbonyl (C=O) groups is 3. The number of amides is 2. The van der Waals surface area contributed by atoms with Crippen molar-refractivity contribution in [2.24, 2.45) is 23.7 Å². The molecule has 0 unspecified atom stereocenters. The molecule has 148 valence electrons. The smallest absolute Gasteiger partial charge is 0.237 e. The van der Waals surface area contributed by atoms with Gasteiger partial charge in [-0.1, -0.05) is 30.3 Å². The van der Waals surface area contributed by atoms with Gasteiger partial charge in [0.25, 0.3) is 0 Å². The maximum Gasteiger partial charge on any atom is 0.237 e. The molecule has 1 aliphatic heterocycles. The second-order valence-corrected chi connectivity index (χ2v) is 8.38. The van der Waals surface area contributed by atoms with E-state index >= 15 is 0 Å². The fourth-order valence-electron chi connectivity index (χ4n) is 5.43. The van der Waals surface area contributed by atoms with E-state index in [0.717, 1.165) is 19.3 Å². The first-order valence-electron chi connectivity index (χ1n) is 10.3. The zero-order chi connectivity index (χ0) is 20.1. The van der Waals surface area contributed by atoms with Crippen molar-refractivity contribution in [1.29, 1.82) is 0 Å². The Kier molecular flexibility index (Phi) is 4.26. The first kappa shape index (κ1) is 18.1. The van der Waals surface area contributed by atoms with Crippen LogP contribution >= 0.6 is 0 Å². The number of fused-ring (bicyclic) bond motifs is 5. The molecule has 0 spiro atoms. The van der Waals surface area contributed by atoms with Gasteiger partial charge in [0.15, 0.2) is 6.10 Å². The van der Waals surface area contributed by atoms with Crippen LogP contribution in [0, 0.1) is 23.7 Å². The van der Waals surface area contributed by atoms with Gasteiger partial charge in [0.1, 0.15) is 5.75 Å². The molecular formula is C24H23NO4. The van der Waals surface area contributed by atoms with E-state index in [-0.39, 0.29) is 29.4 Å². The van der Waals surface area contributed by atoms with Crippen molar-refractivity contribution in [1.82, 2.24) is 0 Å². The van der Waals surface area contributed by atoms with Crippen molar-refractivity contribution in [2.45, 2.75) is 32.3 Å². The van der Waals surface area contributed by atoms with Crippen LogP contribution in [0.5, 0.6) is 5.75 Å². The lowest BCUT2D eigenvalue weighted by atomic mass is 9.81. The number of hydrogen-bond donors (Lipinski definition) is 0. The van der Waals surface area contributed by atoms with Gasteiger partial charge in [0.05, 0.1) is 17.5 Å². The molecule has 2 amide bonds. The van der Waals surface area contributed by atoms with Gasteiger partial charge < -0.3 is 4.74 Å². The highest BCUT2D eigenvalue weighted by Crippen LogP contribution is 2.56. The van der Waals surface area contributed by atoms with Gasteiger partial charge in [-0.2, -0.15) is 0 Å². The average molecular weight is 389 g/mol. The summed E-state index contributed by atoms with van der Waals surface area (Å²) >= 11 is 0. The highest BCUT2D eigenvalue weighted by Gasteiger charge is 2.61. The van der Waals surface area contributed by atoms with Crippen molar-refractivity contribution in [3.63, 3.8) is 0 Å². The summed E-state index contributed by atoms with van der Waals surface area (Å²) in [7, 11) is 0. The van der Waals surface area contributed by atoms with E-state index in [2.05, 4.69) is 0 Å². The molecule has 2 aromatic carbocycles. The second kappa shape index (κ2) is 6.83. The van der Waals surface area contributed by atoms with Crippen LogP contribution in [0.3, 0.4) is 0 Å². The number of Topliss-reactive ketones (excluding diaryl/α,β-unsaturated/α-hetero) is 1. The fourth-order valence-corrected chi connectivity index (χ4v) is 5.43. The molecule has 5 heteroatoms. The van der Waals surface area contributed by atoms with Crippen molar-refractivity contribution in [3.8, 4) is 5.75 Å². The number of hydrogen-bond acceptors (Lipinski definition) is 4. The van der Waals surface area contributed by atoms with E-state index < -0.39 is 6.10 Å². The fraction of sp³-hybridized carbons (Fsp3) is 0.375. The van der Waals surface area contributed by atoms with Crippen molar-refractivity contribution in [3.05, 3.63) is 60.2 Å². The minimum atomic E-state index is -0.631. The third-order valence-electron chi connectivity index (χ3n) is 6.76. The molecule has 2 saturated carbocycles. The first-order chi connectivity index (χ1) is 14.0. The molecule has 5 rings (SSSR count).